The molecule has 1 aromatic carbocycles. The second-order valence-electron chi connectivity index (χ2n) is 3.52. The van der Waals surface area contributed by atoms with E-state index in [1.165, 1.54) is 0 Å². The molecule has 0 N–H and O–H groups in total. The van der Waals surface area contributed by atoms with E-state index >= 15 is 0 Å². The van der Waals surface area contributed by atoms with Gasteiger partial charge in [0.25, 0.3) is 0 Å². The van der Waals surface area contributed by atoms with Crippen LogP contribution in [0.2, 0.25) is 0 Å². The summed E-state index contributed by atoms with van der Waals surface area (Å²) in [4.78, 5) is 0. The van der Waals surface area contributed by atoms with E-state index < -0.39 is 19.1 Å². The third kappa shape index (κ3) is 3.64. The molecule has 0 saturated heterocycles. The molecule has 0 aliphatic carbocycles. The van der Waals surface area contributed by atoms with Crippen LogP contribution in [-0.4, -0.2) is 13.6 Å². The zero-order valence-electron chi connectivity index (χ0n) is 9.05. The van der Waals surface area contributed by atoms with Crippen molar-refractivity contribution in [3.05, 3.63) is 41.9 Å². The first-order chi connectivity index (χ1) is 7.43. The SMILES string of the molecule is C=C(COc1cccc(CC)c1)[B-](F)(F)F. The number of hydrogen-bond acceptors (Lipinski definition) is 1. The van der Waals surface area contributed by atoms with Gasteiger partial charge in [-0.15, -0.1) is 12.1 Å². The topological polar surface area (TPSA) is 9.23 Å². The fraction of sp³-hybridized carbons (Fsp3) is 0.273. The summed E-state index contributed by atoms with van der Waals surface area (Å²) in [6.07, 6.45) is 0.821. The first-order valence-electron chi connectivity index (χ1n) is 5.03. The van der Waals surface area contributed by atoms with Crippen molar-refractivity contribution in [2.24, 2.45) is 0 Å². The van der Waals surface area contributed by atoms with Gasteiger partial charge in [-0.05, 0) is 24.1 Å². The maximum atomic E-state index is 12.2. The molecule has 0 radical (unpaired) electrons. The number of aryl methyl sites for hydroxylation is 1. The smallest absolute Gasteiger partial charge is 0.492 e. The number of benzene rings is 1. The molecule has 0 spiro atoms. The second-order valence-corrected chi connectivity index (χ2v) is 3.52. The van der Waals surface area contributed by atoms with Crippen molar-refractivity contribution in [1.82, 2.24) is 0 Å². The predicted octanol–water partition coefficient (Wildman–Crippen LogP) is 3.57. The van der Waals surface area contributed by atoms with Gasteiger partial charge in [0.05, 0.1) is 6.61 Å². The van der Waals surface area contributed by atoms with Crippen molar-refractivity contribution in [3.63, 3.8) is 0 Å². The lowest BCUT2D eigenvalue weighted by molar-refractivity contribution is 0.346. The van der Waals surface area contributed by atoms with Gasteiger partial charge in [0, 0.05) is 0 Å². The molecule has 0 saturated carbocycles. The van der Waals surface area contributed by atoms with Crippen LogP contribution in [0, 0.1) is 0 Å². The zero-order valence-corrected chi connectivity index (χ0v) is 9.05. The summed E-state index contributed by atoms with van der Waals surface area (Å²) in [5.74, 6) is 0.445. The Kier molecular flexibility index (Phi) is 4.04. The minimum atomic E-state index is -5.00. The van der Waals surface area contributed by atoms with E-state index in [2.05, 4.69) is 6.58 Å². The fourth-order valence-electron chi connectivity index (χ4n) is 1.13. The maximum absolute atomic E-state index is 12.2. The van der Waals surface area contributed by atoms with Crippen LogP contribution in [0.5, 0.6) is 5.75 Å². The van der Waals surface area contributed by atoms with E-state index in [9.17, 15) is 12.9 Å². The standard InChI is InChI=1S/C11H13BF3O/c1-3-10-5-4-6-11(7-10)16-8-9(2)12(13,14)15/h4-7H,2-3,8H2,1H3/q-1. The van der Waals surface area contributed by atoms with Gasteiger partial charge in [0.2, 0.25) is 0 Å². The molecular weight excluding hydrogens is 216 g/mol. The summed E-state index contributed by atoms with van der Waals surface area (Å²) in [6.45, 7) is -0.576. The Bertz CT molecular complexity index is 374. The molecule has 0 heterocycles. The summed E-state index contributed by atoms with van der Waals surface area (Å²) in [6, 6.07) is 7.03. The quantitative estimate of drug-likeness (QED) is 0.701. The lowest BCUT2D eigenvalue weighted by Crippen LogP contribution is -2.23. The molecule has 0 aliphatic rings. The number of hydrogen-bond donors (Lipinski definition) is 0. The van der Waals surface area contributed by atoms with Crippen molar-refractivity contribution in [2.45, 2.75) is 13.3 Å². The van der Waals surface area contributed by atoms with E-state index in [1.54, 1.807) is 18.2 Å². The Labute approximate surface area is 93.0 Å². The first kappa shape index (κ1) is 12.7. The minimum Gasteiger partial charge on any atom is -0.492 e. The molecule has 0 unspecified atom stereocenters. The Morgan fingerprint density at radius 3 is 2.62 bits per heavy atom. The van der Waals surface area contributed by atoms with Gasteiger partial charge in [0.1, 0.15) is 5.75 Å². The highest BCUT2D eigenvalue weighted by molar-refractivity contribution is 6.66. The fourth-order valence-corrected chi connectivity index (χ4v) is 1.13. The van der Waals surface area contributed by atoms with Crippen LogP contribution in [0.25, 0.3) is 0 Å². The normalized spacial score (nSPS) is 11.2. The van der Waals surface area contributed by atoms with E-state index in [-0.39, 0.29) is 0 Å². The van der Waals surface area contributed by atoms with Gasteiger partial charge >= 0.3 is 6.98 Å². The van der Waals surface area contributed by atoms with Gasteiger partial charge in [0.15, 0.2) is 0 Å². The number of rotatable bonds is 5. The Balaban J connectivity index is 2.58. The average Bonchev–Trinajstić information content (AvgIpc) is 2.25. The summed E-state index contributed by atoms with van der Waals surface area (Å²) in [5.41, 5.74) is 0.211. The van der Waals surface area contributed by atoms with Crippen molar-refractivity contribution >= 4 is 6.98 Å². The van der Waals surface area contributed by atoms with Crippen molar-refractivity contribution in [2.75, 3.05) is 6.61 Å². The number of halogens is 3. The summed E-state index contributed by atoms with van der Waals surface area (Å²) in [5, 5.41) is 0. The van der Waals surface area contributed by atoms with Gasteiger partial charge in [-0.25, -0.2) is 0 Å². The van der Waals surface area contributed by atoms with Crippen LogP contribution in [0.3, 0.4) is 0 Å². The van der Waals surface area contributed by atoms with Crippen LogP contribution in [-0.2, 0) is 6.42 Å². The zero-order chi connectivity index (χ0) is 12.2. The van der Waals surface area contributed by atoms with Gasteiger partial charge < -0.3 is 17.7 Å². The third-order valence-electron chi connectivity index (χ3n) is 2.19. The third-order valence-corrected chi connectivity index (χ3v) is 2.19. The molecule has 0 aliphatic heterocycles. The van der Waals surface area contributed by atoms with E-state index in [4.69, 9.17) is 4.74 Å². The van der Waals surface area contributed by atoms with Crippen molar-refractivity contribution < 1.29 is 17.7 Å². The highest BCUT2D eigenvalue weighted by Crippen LogP contribution is 2.20. The van der Waals surface area contributed by atoms with Gasteiger partial charge in [-0.2, -0.15) is 0 Å². The molecule has 0 amide bonds. The van der Waals surface area contributed by atoms with Crippen LogP contribution in [0.15, 0.2) is 36.3 Å². The van der Waals surface area contributed by atoms with Gasteiger partial charge in [-0.3, -0.25) is 0 Å². The van der Waals surface area contributed by atoms with E-state index in [1.807, 2.05) is 13.0 Å². The largest absolute Gasteiger partial charge is 0.508 e. The van der Waals surface area contributed by atoms with Crippen LogP contribution >= 0.6 is 0 Å². The molecule has 1 nitrogen and oxygen atoms in total. The summed E-state index contributed by atoms with van der Waals surface area (Å²) >= 11 is 0. The van der Waals surface area contributed by atoms with E-state index in [0.717, 1.165) is 12.0 Å². The maximum Gasteiger partial charge on any atom is 0.508 e. The second kappa shape index (κ2) is 5.10. The molecule has 0 atom stereocenters. The van der Waals surface area contributed by atoms with Crippen LogP contribution < -0.4 is 4.74 Å². The Morgan fingerprint density at radius 2 is 2.06 bits per heavy atom. The highest BCUT2D eigenvalue weighted by Gasteiger charge is 2.26. The van der Waals surface area contributed by atoms with Gasteiger partial charge in [-0.1, -0.05) is 19.1 Å². The molecular formula is C11H13BF3O-. The highest BCUT2D eigenvalue weighted by atomic mass is 19.4. The predicted molar refractivity (Wildman–Crippen MR) is 59.5 cm³/mol. The molecule has 0 aromatic heterocycles. The van der Waals surface area contributed by atoms with Crippen LogP contribution in [0.1, 0.15) is 12.5 Å². The summed E-state index contributed by atoms with van der Waals surface area (Å²) in [7, 11) is 0. The average molecular weight is 229 g/mol. The molecule has 5 heteroatoms. The number of ether oxygens (including phenoxy) is 1. The Morgan fingerprint density at radius 1 is 1.38 bits per heavy atom. The molecule has 0 fully saturated rings. The van der Waals surface area contributed by atoms with Crippen molar-refractivity contribution in [3.8, 4) is 5.75 Å². The van der Waals surface area contributed by atoms with E-state index in [0.29, 0.717) is 5.75 Å². The van der Waals surface area contributed by atoms with Crippen LogP contribution in [0.4, 0.5) is 12.9 Å². The van der Waals surface area contributed by atoms with Crippen molar-refractivity contribution in [1.29, 1.82) is 0 Å². The monoisotopic (exact) mass is 229 g/mol. The molecule has 88 valence electrons. The Hall–Kier alpha value is -1.39. The lowest BCUT2D eigenvalue weighted by atomic mass is 9.81. The molecule has 16 heavy (non-hydrogen) atoms. The molecule has 0 bridgehead atoms. The first-order valence-corrected chi connectivity index (χ1v) is 5.03. The molecule has 1 aromatic rings. The molecule has 1 rings (SSSR count). The summed E-state index contributed by atoms with van der Waals surface area (Å²) < 4.78 is 41.6. The lowest BCUT2D eigenvalue weighted by Gasteiger charge is -2.18. The minimum absolute atomic E-state index is 0.445.